The number of ketones is 1. The number of hydrogen-bond donors (Lipinski definition) is 0. The Morgan fingerprint density at radius 2 is 2.36 bits per heavy atom. The van der Waals surface area contributed by atoms with Crippen molar-refractivity contribution in [2.24, 2.45) is 0 Å². The first kappa shape index (κ1) is 10.0. The molecule has 0 saturated heterocycles. The van der Waals surface area contributed by atoms with Crippen LogP contribution in [0.15, 0.2) is 26.8 Å². The average molecular weight is 288 g/mol. The third kappa shape index (κ3) is 2.29. The van der Waals surface area contributed by atoms with Gasteiger partial charge in [0.1, 0.15) is 5.69 Å². The van der Waals surface area contributed by atoms with Crippen molar-refractivity contribution in [3.8, 4) is 0 Å². The molecule has 0 saturated carbocycles. The Hall–Kier alpha value is -0.520. The third-order valence-corrected chi connectivity index (χ3v) is 3.96. The van der Waals surface area contributed by atoms with E-state index in [9.17, 15) is 4.79 Å². The summed E-state index contributed by atoms with van der Waals surface area (Å²) < 4.78 is 1.03. The van der Waals surface area contributed by atoms with Crippen molar-refractivity contribution in [1.29, 1.82) is 0 Å². The number of thiazole rings is 1. The molecular formula is C9H6BrNOS2. The molecule has 2 rings (SSSR count). The van der Waals surface area contributed by atoms with Crippen LogP contribution in [0.1, 0.15) is 15.4 Å². The standard InChI is InChI=1S/C9H6BrNOS2/c10-6-1-7(14-3-6)2-9(12)8-4-13-5-11-8/h1,3-5H,2H2. The molecule has 5 heteroatoms. The average Bonchev–Trinajstić information content (AvgIpc) is 2.75. The molecule has 2 aromatic rings. The number of carbonyl (C=O) groups is 1. The lowest BCUT2D eigenvalue weighted by Gasteiger charge is -1.92. The molecule has 0 N–H and O–H groups in total. The van der Waals surface area contributed by atoms with Crippen molar-refractivity contribution in [1.82, 2.24) is 4.98 Å². The maximum atomic E-state index is 11.6. The van der Waals surface area contributed by atoms with Gasteiger partial charge in [-0.25, -0.2) is 4.98 Å². The normalized spacial score (nSPS) is 10.4. The van der Waals surface area contributed by atoms with E-state index in [0.29, 0.717) is 12.1 Å². The van der Waals surface area contributed by atoms with Crippen LogP contribution < -0.4 is 0 Å². The number of thiophene rings is 1. The Balaban J connectivity index is 2.09. The van der Waals surface area contributed by atoms with Gasteiger partial charge in [-0.2, -0.15) is 0 Å². The second-order valence-electron chi connectivity index (χ2n) is 2.70. The molecule has 0 amide bonds. The van der Waals surface area contributed by atoms with Crippen molar-refractivity contribution in [2.45, 2.75) is 6.42 Å². The summed E-state index contributed by atoms with van der Waals surface area (Å²) in [5.74, 6) is 0.0839. The fraction of sp³-hybridized carbons (Fsp3) is 0.111. The van der Waals surface area contributed by atoms with E-state index < -0.39 is 0 Å². The first-order valence-electron chi connectivity index (χ1n) is 3.90. The van der Waals surface area contributed by atoms with Gasteiger partial charge in [0.15, 0.2) is 5.78 Å². The SMILES string of the molecule is O=C(Cc1cc(Br)cs1)c1cscn1. The first-order chi connectivity index (χ1) is 6.75. The number of halogens is 1. The highest BCUT2D eigenvalue weighted by Gasteiger charge is 2.09. The van der Waals surface area contributed by atoms with Gasteiger partial charge in [0, 0.05) is 26.5 Å². The summed E-state index contributed by atoms with van der Waals surface area (Å²) in [4.78, 5) is 16.7. The highest BCUT2D eigenvalue weighted by molar-refractivity contribution is 9.10. The van der Waals surface area contributed by atoms with Crippen LogP contribution in [0.2, 0.25) is 0 Å². The minimum absolute atomic E-state index is 0.0839. The van der Waals surface area contributed by atoms with E-state index in [-0.39, 0.29) is 5.78 Å². The van der Waals surface area contributed by atoms with Crippen LogP contribution in [-0.4, -0.2) is 10.8 Å². The fourth-order valence-corrected chi connectivity index (χ4v) is 3.05. The largest absolute Gasteiger partial charge is 0.292 e. The number of hydrogen-bond acceptors (Lipinski definition) is 4. The molecule has 2 nitrogen and oxygen atoms in total. The van der Waals surface area contributed by atoms with E-state index in [1.165, 1.54) is 11.3 Å². The zero-order chi connectivity index (χ0) is 9.97. The van der Waals surface area contributed by atoms with Gasteiger partial charge in [-0.3, -0.25) is 4.79 Å². The lowest BCUT2D eigenvalue weighted by Crippen LogP contribution is -2.01. The second kappa shape index (κ2) is 4.33. The van der Waals surface area contributed by atoms with Crippen LogP contribution in [-0.2, 0) is 6.42 Å². The monoisotopic (exact) mass is 287 g/mol. The quantitative estimate of drug-likeness (QED) is 0.810. The second-order valence-corrected chi connectivity index (χ2v) is 5.34. The van der Waals surface area contributed by atoms with Gasteiger partial charge in [0.2, 0.25) is 0 Å². The molecule has 0 spiro atoms. The Kier molecular flexibility index (Phi) is 3.10. The third-order valence-electron chi connectivity index (χ3n) is 1.67. The van der Waals surface area contributed by atoms with Crippen LogP contribution in [0.3, 0.4) is 0 Å². The first-order valence-corrected chi connectivity index (χ1v) is 6.51. The minimum Gasteiger partial charge on any atom is -0.292 e. The molecule has 14 heavy (non-hydrogen) atoms. The molecule has 0 aliphatic heterocycles. The van der Waals surface area contributed by atoms with E-state index in [0.717, 1.165) is 9.35 Å². The predicted octanol–water partition coefficient (Wildman–Crippen LogP) is 3.39. The number of rotatable bonds is 3. The number of aromatic nitrogens is 1. The van der Waals surface area contributed by atoms with Gasteiger partial charge in [0.25, 0.3) is 0 Å². The van der Waals surface area contributed by atoms with E-state index in [2.05, 4.69) is 20.9 Å². The number of nitrogens with zero attached hydrogens (tertiary/aromatic N) is 1. The summed E-state index contributed by atoms with van der Waals surface area (Å²) in [5.41, 5.74) is 2.25. The smallest absolute Gasteiger partial charge is 0.187 e. The molecule has 0 fully saturated rings. The predicted molar refractivity (Wildman–Crippen MR) is 62.2 cm³/mol. The summed E-state index contributed by atoms with van der Waals surface area (Å²) in [7, 11) is 0. The minimum atomic E-state index is 0.0839. The molecule has 72 valence electrons. The Labute approximate surface area is 97.7 Å². The highest BCUT2D eigenvalue weighted by Crippen LogP contribution is 2.21. The van der Waals surface area contributed by atoms with Gasteiger partial charge in [-0.05, 0) is 22.0 Å². The number of carbonyl (C=O) groups excluding carboxylic acids is 1. The van der Waals surface area contributed by atoms with E-state index in [1.807, 2.05) is 11.4 Å². The fourth-order valence-electron chi connectivity index (χ4n) is 1.05. The molecule has 0 bridgehead atoms. The van der Waals surface area contributed by atoms with Crippen molar-refractivity contribution < 1.29 is 4.79 Å². The van der Waals surface area contributed by atoms with E-state index in [4.69, 9.17) is 0 Å². The van der Waals surface area contributed by atoms with Gasteiger partial charge in [-0.1, -0.05) is 0 Å². The molecule has 0 aliphatic carbocycles. The van der Waals surface area contributed by atoms with Crippen molar-refractivity contribution in [2.75, 3.05) is 0 Å². The highest BCUT2D eigenvalue weighted by atomic mass is 79.9. The summed E-state index contributed by atoms with van der Waals surface area (Å²) in [6, 6.07) is 1.97. The van der Waals surface area contributed by atoms with Crippen LogP contribution in [0.25, 0.3) is 0 Å². The Bertz CT molecular complexity index is 435. The van der Waals surface area contributed by atoms with Crippen LogP contribution in [0, 0.1) is 0 Å². The number of Topliss-reactive ketones (excluding diaryl/α,β-unsaturated/α-hetero) is 1. The maximum absolute atomic E-state index is 11.6. The molecular weight excluding hydrogens is 282 g/mol. The lowest BCUT2D eigenvalue weighted by molar-refractivity contribution is 0.0990. The van der Waals surface area contributed by atoms with Crippen LogP contribution in [0.5, 0.6) is 0 Å². The topological polar surface area (TPSA) is 30.0 Å². The van der Waals surface area contributed by atoms with Crippen molar-refractivity contribution in [3.63, 3.8) is 0 Å². The van der Waals surface area contributed by atoms with Crippen molar-refractivity contribution >= 4 is 44.4 Å². The summed E-state index contributed by atoms with van der Waals surface area (Å²) in [6.45, 7) is 0. The van der Waals surface area contributed by atoms with Gasteiger partial charge in [-0.15, -0.1) is 22.7 Å². The van der Waals surface area contributed by atoms with Crippen molar-refractivity contribution in [3.05, 3.63) is 37.4 Å². The molecule has 0 unspecified atom stereocenters. The maximum Gasteiger partial charge on any atom is 0.187 e. The summed E-state index contributed by atoms with van der Waals surface area (Å²) in [6.07, 6.45) is 0.444. The van der Waals surface area contributed by atoms with Gasteiger partial charge in [0.05, 0.1) is 5.51 Å². The summed E-state index contributed by atoms with van der Waals surface area (Å²) >= 11 is 6.39. The lowest BCUT2D eigenvalue weighted by atomic mass is 10.2. The molecule has 0 radical (unpaired) electrons. The Morgan fingerprint density at radius 1 is 1.50 bits per heavy atom. The zero-order valence-electron chi connectivity index (χ0n) is 7.07. The Morgan fingerprint density at radius 3 is 2.93 bits per heavy atom. The van der Waals surface area contributed by atoms with Crippen LogP contribution >= 0.6 is 38.6 Å². The van der Waals surface area contributed by atoms with Gasteiger partial charge >= 0.3 is 0 Å². The van der Waals surface area contributed by atoms with E-state index in [1.54, 1.807) is 22.2 Å². The molecule has 0 aliphatic rings. The van der Waals surface area contributed by atoms with Gasteiger partial charge < -0.3 is 0 Å². The molecule has 2 aromatic heterocycles. The molecule has 0 aromatic carbocycles. The molecule has 2 heterocycles. The zero-order valence-corrected chi connectivity index (χ0v) is 10.3. The molecule has 0 atom stereocenters. The summed E-state index contributed by atoms with van der Waals surface area (Å²) in [5, 5.41) is 3.76. The van der Waals surface area contributed by atoms with Crippen LogP contribution in [0.4, 0.5) is 0 Å². The van der Waals surface area contributed by atoms with E-state index >= 15 is 0 Å².